The van der Waals surface area contributed by atoms with E-state index in [0.29, 0.717) is 11.3 Å². The molecule has 96 valence electrons. The lowest BCUT2D eigenvalue weighted by Gasteiger charge is -2.56. The molecule has 1 saturated carbocycles. The van der Waals surface area contributed by atoms with Gasteiger partial charge in [-0.25, -0.2) is 0 Å². The minimum atomic E-state index is 0.473. The van der Waals surface area contributed by atoms with E-state index in [9.17, 15) is 0 Å². The van der Waals surface area contributed by atoms with Gasteiger partial charge in [0.2, 0.25) is 0 Å². The van der Waals surface area contributed by atoms with Gasteiger partial charge in [0, 0.05) is 11.9 Å². The smallest absolute Gasteiger partial charge is 0.0889 e. The predicted molar refractivity (Wildman–Crippen MR) is 75.8 cm³/mol. The molecule has 2 bridgehead atoms. The highest BCUT2D eigenvalue weighted by atomic mass is 14.8. The van der Waals surface area contributed by atoms with Gasteiger partial charge in [-0.15, -0.1) is 0 Å². The SMILES string of the molecule is CC1(C)[C@H]2Cc3nc(-c4ccccn4)ccc3[C@@H]1C2. The van der Waals surface area contributed by atoms with Gasteiger partial charge in [-0.1, -0.05) is 26.0 Å². The largest absolute Gasteiger partial charge is 0.255 e. The fourth-order valence-corrected chi connectivity index (χ4v) is 3.77. The molecule has 0 radical (unpaired) electrons. The van der Waals surface area contributed by atoms with Crippen LogP contribution in [0.15, 0.2) is 36.5 Å². The average molecular weight is 250 g/mol. The predicted octanol–water partition coefficient (Wildman–Crippen LogP) is 3.83. The molecule has 2 atom stereocenters. The Morgan fingerprint density at radius 3 is 2.74 bits per heavy atom. The molecule has 0 N–H and O–H groups in total. The van der Waals surface area contributed by atoms with Crippen LogP contribution >= 0.6 is 0 Å². The Morgan fingerprint density at radius 1 is 1.11 bits per heavy atom. The molecule has 3 aliphatic rings. The summed E-state index contributed by atoms with van der Waals surface area (Å²) in [7, 11) is 0. The minimum Gasteiger partial charge on any atom is -0.255 e. The number of hydrogen-bond acceptors (Lipinski definition) is 2. The first-order valence-electron chi connectivity index (χ1n) is 7.07. The van der Waals surface area contributed by atoms with Crippen LogP contribution < -0.4 is 0 Å². The zero-order valence-electron chi connectivity index (χ0n) is 11.4. The summed E-state index contributed by atoms with van der Waals surface area (Å²) in [6.07, 6.45) is 4.32. The van der Waals surface area contributed by atoms with Crippen molar-refractivity contribution in [2.45, 2.75) is 32.6 Å². The van der Waals surface area contributed by atoms with E-state index in [-0.39, 0.29) is 0 Å². The van der Waals surface area contributed by atoms with Crippen molar-refractivity contribution in [1.29, 1.82) is 0 Å². The molecule has 0 saturated heterocycles. The zero-order valence-corrected chi connectivity index (χ0v) is 11.4. The molecule has 2 heteroatoms. The molecule has 1 fully saturated rings. The molecule has 2 aromatic heterocycles. The minimum absolute atomic E-state index is 0.473. The van der Waals surface area contributed by atoms with E-state index in [1.54, 1.807) is 0 Å². The average Bonchev–Trinajstić information content (AvgIpc) is 2.46. The normalized spacial score (nSPS) is 26.4. The lowest BCUT2D eigenvalue weighted by molar-refractivity contribution is 0.0170. The summed E-state index contributed by atoms with van der Waals surface area (Å²) < 4.78 is 0. The number of nitrogens with zero attached hydrogens (tertiary/aromatic N) is 2. The van der Waals surface area contributed by atoms with Crippen LogP contribution in [-0.4, -0.2) is 9.97 Å². The molecule has 2 heterocycles. The summed E-state index contributed by atoms with van der Waals surface area (Å²) in [5, 5.41) is 0. The van der Waals surface area contributed by atoms with Gasteiger partial charge in [0.25, 0.3) is 0 Å². The van der Waals surface area contributed by atoms with Crippen LogP contribution in [0.25, 0.3) is 11.4 Å². The van der Waals surface area contributed by atoms with Gasteiger partial charge in [-0.2, -0.15) is 0 Å². The van der Waals surface area contributed by atoms with E-state index in [1.165, 1.54) is 17.7 Å². The summed E-state index contributed by atoms with van der Waals surface area (Å²) in [6.45, 7) is 4.81. The third-order valence-electron chi connectivity index (χ3n) is 5.22. The van der Waals surface area contributed by atoms with Crippen molar-refractivity contribution in [2.24, 2.45) is 11.3 Å². The van der Waals surface area contributed by atoms with Crippen LogP contribution in [0.2, 0.25) is 0 Å². The molecule has 19 heavy (non-hydrogen) atoms. The molecule has 0 aliphatic heterocycles. The van der Waals surface area contributed by atoms with Gasteiger partial charge in [0.05, 0.1) is 11.4 Å². The van der Waals surface area contributed by atoms with Crippen LogP contribution in [-0.2, 0) is 6.42 Å². The fourth-order valence-electron chi connectivity index (χ4n) is 3.77. The van der Waals surface area contributed by atoms with Gasteiger partial charge >= 0.3 is 0 Å². The summed E-state index contributed by atoms with van der Waals surface area (Å²) >= 11 is 0. The highest BCUT2D eigenvalue weighted by molar-refractivity contribution is 5.55. The number of aromatic nitrogens is 2. The van der Waals surface area contributed by atoms with Gasteiger partial charge < -0.3 is 0 Å². The Balaban J connectivity index is 1.78. The second-order valence-corrected chi connectivity index (χ2v) is 6.46. The van der Waals surface area contributed by atoms with E-state index in [0.717, 1.165) is 23.7 Å². The molecular formula is C17H18N2. The molecule has 5 rings (SSSR count). The Bertz CT molecular complexity index is 631. The van der Waals surface area contributed by atoms with E-state index >= 15 is 0 Å². The lowest BCUT2D eigenvalue weighted by Crippen LogP contribution is -2.48. The number of rotatable bonds is 1. The van der Waals surface area contributed by atoms with Crippen molar-refractivity contribution >= 4 is 0 Å². The van der Waals surface area contributed by atoms with E-state index < -0.39 is 0 Å². The van der Waals surface area contributed by atoms with E-state index in [1.807, 2.05) is 24.4 Å². The van der Waals surface area contributed by atoms with Crippen LogP contribution in [0.5, 0.6) is 0 Å². The second-order valence-electron chi connectivity index (χ2n) is 6.46. The van der Waals surface area contributed by atoms with Crippen LogP contribution in [0.3, 0.4) is 0 Å². The number of pyridine rings is 2. The molecule has 0 unspecified atom stereocenters. The number of hydrogen-bond donors (Lipinski definition) is 0. The molecule has 0 spiro atoms. The van der Waals surface area contributed by atoms with E-state index in [4.69, 9.17) is 4.98 Å². The van der Waals surface area contributed by atoms with Crippen LogP contribution in [0.4, 0.5) is 0 Å². The summed E-state index contributed by atoms with van der Waals surface area (Å²) in [4.78, 5) is 9.26. The summed E-state index contributed by atoms with van der Waals surface area (Å²) in [6, 6.07) is 10.4. The second kappa shape index (κ2) is 3.66. The van der Waals surface area contributed by atoms with Gasteiger partial charge in [0.1, 0.15) is 0 Å². The summed E-state index contributed by atoms with van der Waals surface area (Å²) in [5.41, 5.74) is 5.25. The third kappa shape index (κ3) is 1.49. The van der Waals surface area contributed by atoms with Crippen molar-refractivity contribution in [1.82, 2.24) is 9.97 Å². The first kappa shape index (κ1) is 11.2. The summed E-state index contributed by atoms with van der Waals surface area (Å²) in [5.74, 6) is 1.53. The Hall–Kier alpha value is -1.70. The molecule has 2 nitrogen and oxygen atoms in total. The Kier molecular flexibility index (Phi) is 2.15. The van der Waals surface area contributed by atoms with Crippen LogP contribution in [0.1, 0.15) is 37.4 Å². The maximum atomic E-state index is 4.87. The Labute approximate surface area is 113 Å². The van der Waals surface area contributed by atoms with Crippen molar-refractivity contribution in [3.05, 3.63) is 47.8 Å². The van der Waals surface area contributed by atoms with Crippen molar-refractivity contribution < 1.29 is 0 Å². The molecule has 2 aromatic rings. The van der Waals surface area contributed by atoms with Gasteiger partial charge in [-0.3, -0.25) is 9.97 Å². The highest BCUT2D eigenvalue weighted by Gasteiger charge is 2.52. The molecule has 3 aliphatic carbocycles. The molecule has 0 amide bonds. The van der Waals surface area contributed by atoms with Gasteiger partial charge in [0.15, 0.2) is 0 Å². The van der Waals surface area contributed by atoms with Crippen LogP contribution in [0, 0.1) is 11.3 Å². The van der Waals surface area contributed by atoms with Crippen molar-refractivity contribution in [3.63, 3.8) is 0 Å². The van der Waals surface area contributed by atoms with E-state index in [2.05, 4.69) is 31.0 Å². The van der Waals surface area contributed by atoms with Crippen molar-refractivity contribution in [3.8, 4) is 11.4 Å². The molecule has 0 aromatic carbocycles. The monoisotopic (exact) mass is 250 g/mol. The quantitative estimate of drug-likeness (QED) is 0.768. The third-order valence-corrected chi connectivity index (χ3v) is 5.22. The maximum absolute atomic E-state index is 4.87. The maximum Gasteiger partial charge on any atom is 0.0889 e. The first-order chi connectivity index (χ1) is 9.16. The lowest BCUT2D eigenvalue weighted by atomic mass is 9.48. The standard InChI is InChI=1S/C17H18N2/c1-17(2)11-9-13(17)12-6-7-15(19-16(12)10-11)14-5-3-4-8-18-14/h3-8,11,13H,9-10H2,1-2H3/t11-,13+/m1/s1. The highest BCUT2D eigenvalue weighted by Crippen LogP contribution is 2.61. The van der Waals surface area contributed by atoms with Gasteiger partial charge in [-0.05, 0) is 53.9 Å². The zero-order chi connectivity index (χ0) is 13.0. The topological polar surface area (TPSA) is 25.8 Å². The Morgan fingerprint density at radius 2 is 2.00 bits per heavy atom. The molecular weight excluding hydrogens is 232 g/mol. The van der Waals surface area contributed by atoms with Crippen molar-refractivity contribution in [2.75, 3.05) is 0 Å². The fraction of sp³-hybridized carbons (Fsp3) is 0.412. The first-order valence-corrected chi connectivity index (χ1v) is 7.07.